The summed E-state index contributed by atoms with van der Waals surface area (Å²) in [5, 5.41) is 6.23. The highest BCUT2D eigenvalue weighted by atomic mass is 79.9. The first kappa shape index (κ1) is 13.1. The molecule has 1 aliphatic rings. The molecule has 3 nitrogen and oxygen atoms in total. The van der Waals surface area contributed by atoms with Crippen LogP contribution >= 0.6 is 27.3 Å². The van der Waals surface area contributed by atoms with Crippen LogP contribution in [0, 0.1) is 0 Å². The number of halogens is 1. The lowest BCUT2D eigenvalue weighted by molar-refractivity contribution is 0.101. The van der Waals surface area contributed by atoms with Crippen LogP contribution in [0.15, 0.2) is 46.4 Å². The number of aromatic nitrogens is 1. The summed E-state index contributed by atoms with van der Waals surface area (Å²) in [6.07, 6.45) is 4.30. The van der Waals surface area contributed by atoms with Crippen molar-refractivity contribution in [2.75, 3.05) is 5.32 Å². The maximum atomic E-state index is 12.5. The normalized spacial score (nSPS) is 14.5. The molecule has 0 unspecified atom stereocenters. The molecule has 2 heterocycles. The quantitative estimate of drug-likeness (QED) is 0.696. The second-order valence-electron chi connectivity index (χ2n) is 5.31. The van der Waals surface area contributed by atoms with Crippen LogP contribution < -0.4 is 5.32 Å². The van der Waals surface area contributed by atoms with Gasteiger partial charge in [-0.2, -0.15) is 0 Å². The Morgan fingerprint density at radius 1 is 1.29 bits per heavy atom. The Morgan fingerprint density at radius 2 is 2.14 bits per heavy atom. The van der Waals surface area contributed by atoms with Gasteiger partial charge in [-0.05, 0) is 69.9 Å². The summed E-state index contributed by atoms with van der Waals surface area (Å²) in [5.74, 6) is -0.0535. The van der Waals surface area contributed by atoms with Gasteiger partial charge in [0.25, 0.3) is 5.91 Å². The van der Waals surface area contributed by atoms with E-state index in [1.54, 1.807) is 11.3 Å². The third-order valence-electron chi connectivity index (χ3n) is 3.70. The standard InChI is InChI=1S/C16H13BrN2OS/c17-11-8-14(19(9-11)13-2-3-13)16(20)18-12-1-4-15-10(7-12)5-6-21-15/h1,4-9,13H,2-3H2,(H,18,20). The fourth-order valence-electron chi connectivity index (χ4n) is 2.52. The molecule has 0 atom stereocenters. The smallest absolute Gasteiger partial charge is 0.272 e. The molecule has 4 rings (SSSR count). The van der Waals surface area contributed by atoms with Crippen LogP contribution in [0.4, 0.5) is 5.69 Å². The van der Waals surface area contributed by atoms with Gasteiger partial charge < -0.3 is 9.88 Å². The van der Waals surface area contributed by atoms with Crippen LogP contribution in [0.3, 0.4) is 0 Å². The Bertz CT molecular complexity index is 832. The summed E-state index contributed by atoms with van der Waals surface area (Å²) in [5.41, 5.74) is 1.56. The number of carbonyl (C=O) groups is 1. The molecular weight excluding hydrogens is 348 g/mol. The first-order chi connectivity index (χ1) is 10.2. The van der Waals surface area contributed by atoms with E-state index in [1.165, 1.54) is 4.70 Å². The van der Waals surface area contributed by atoms with Crippen LogP contribution in [0.5, 0.6) is 0 Å². The molecule has 1 aromatic carbocycles. The molecule has 2 aromatic heterocycles. The zero-order chi connectivity index (χ0) is 14.4. The maximum absolute atomic E-state index is 12.5. The van der Waals surface area contributed by atoms with Gasteiger partial charge in [-0.15, -0.1) is 11.3 Å². The molecule has 21 heavy (non-hydrogen) atoms. The van der Waals surface area contributed by atoms with E-state index in [0.717, 1.165) is 34.1 Å². The van der Waals surface area contributed by atoms with E-state index in [1.807, 2.05) is 30.5 Å². The van der Waals surface area contributed by atoms with E-state index >= 15 is 0 Å². The highest BCUT2D eigenvalue weighted by Gasteiger charge is 2.27. The van der Waals surface area contributed by atoms with Gasteiger partial charge in [0, 0.05) is 27.1 Å². The predicted octanol–water partition coefficient (Wildman–Crippen LogP) is 5.05. The second kappa shape index (κ2) is 5.00. The average Bonchev–Trinajstić information content (AvgIpc) is 3.07. The molecule has 0 saturated heterocycles. The van der Waals surface area contributed by atoms with Crippen molar-refractivity contribution < 1.29 is 4.79 Å². The number of thiophene rings is 1. The van der Waals surface area contributed by atoms with Gasteiger partial charge in [0.15, 0.2) is 0 Å². The van der Waals surface area contributed by atoms with Gasteiger partial charge in [0.05, 0.1) is 0 Å². The van der Waals surface area contributed by atoms with Crippen LogP contribution in [-0.4, -0.2) is 10.5 Å². The fraction of sp³-hybridized carbons (Fsp3) is 0.188. The van der Waals surface area contributed by atoms with E-state index in [2.05, 4.69) is 37.3 Å². The summed E-state index contributed by atoms with van der Waals surface area (Å²) in [6.45, 7) is 0. The first-order valence-corrected chi connectivity index (χ1v) is 8.54. The molecule has 1 N–H and O–H groups in total. The van der Waals surface area contributed by atoms with Crippen molar-refractivity contribution in [1.29, 1.82) is 0 Å². The van der Waals surface area contributed by atoms with Crippen molar-refractivity contribution in [2.45, 2.75) is 18.9 Å². The number of anilines is 1. The number of hydrogen-bond acceptors (Lipinski definition) is 2. The topological polar surface area (TPSA) is 34.0 Å². The molecule has 0 radical (unpaired) electrons. The van der Waals surface area contributed by atoms with E-state index in [0.29, 0.717) is 6.04 Å². The van der Waals surface area contributed by atoms with E-state index < -0.39 is 0 Å². The van der Waals surface area contributed by atoms with Crippen molar-refractivity contribution in [3.63, 3.8) is 0 Å². The number of rotatable bonds is 3. The average molecular weight is 361 g/mol. The molecule has 3 aromatic rings. The Hall–Kier alpha value is -1.59. The Morgan fingerprint density at radius 3 is 2.95 bits per heavy atom. The van der Waals surface area contributed by atoms with Crippen molar-refractivity contribution in [1.82, 2.24) is 4.57 Å². The summed E-state index contributed by atoms with van der Waals surface area (Å²) in [7, 11) is 0. The van der Waals surface area contributed by atoms with Gasteiger partial charge >= 0.3 is 0 Å². The molecular formula is C16H13BrN2OS. The monoisotopic (exact) mass is 360 g/mol. The molecule has 1 fully saturated rings. The van der Waals surface area contributed by atoms with Crippen LogP contribution in [-0.2, 0) is 0 Å². The lowest BCUT2D eigenvalue weighted by atomic mass is 10.2. The Labute approximate surface area is 134 Å². The third kappa shape index (κ3) is 2.51. The summed E-state index contributed by atoms with van der Waals surface area (Å²) in [6, 6.07) is 10.5. The highest BCUT2D eigenvalue weighted by molar-refractivity contribution is 9.10. The largest absolute Gasteiger partial charge is 0.339 e. The Balaban J connectivity index is 1.62. The number of carbonyl (C=O) groups excluding carboxylic acids is 1. The number of hydrogen-bond donors (Lipinski definition) is 1. The SMILES string of the molecule is O=C(Nc1ccc2sccc2c1)c1cc(Br)cn1C1CC1. The summed E-state index contributed by atoms with van der Waals surface area (Å²) >= 11 is 5.17. The first-order valence-electron chi connectivity index (χ1n) is 6.87. The van der Waals surface area contributed by atoms with E-state index in [-0.39, 0.29) is 5.91 Å². The minimum atomic E-state index is -0.0535. The molecule has 1 saturated carbocycles. The zero-order valence-electron chi connectivity index (χ0n) is 11.2. The number of fused-ring (bicyclic) bond motifs is 1. The molecule has 0 bridgehead atoms. The number of nitrogens with zero attached hydrogens (tertiary/aromatic N) is 1. The van der Waals surface area contributed by atoms with Crippen molar-refractivity contribution in [2.24, 2.45) is 0 Å². The van der Waals surface area contributed by atoms with Crippen LogP contribution in [0.25, 0.3) is 10.1 Å². The molecule has 106 valence electrons. The highest BCUT2D eigenvalue weighted by Crippen LogP contribution is 2.37. The number of nitrogens with one attached hydrogen (secondary N) is 1. The van der Waals surface area contributed by atoms with Crippen LogP contribution in [0.2, 0.25) is 0 Å². The molecule has 1 amide bonds. The van der Waals surface area contributed by atoms with Crippen molar-refractivity contribution >= 4 is 48.9 Å². The second-order valence-corrected chi connectivity index (χ2v) is 7.17. The maximum Gasteiger partial charge on any atom is 0.272 e. The molecule has 0 spiro atoms. The predicted molar refractivity (Wildman–Crippen MR) is 90.2 cm³/mol. The summed E-state index contributed by atoms with van der Waals surface area (Å²) in [4.78, 5) is 12.5. The zero-order valence-corrected chi connectivity index (χ0v) is 13.6. The Kier molecular flexibility index (Phi) is 3.12. The van der Waals surface area contributed by atoms with Gasteiger partial charge in [-0.25, -0.2) is 0 Å². The minimum absolute atomic E-state index is 0.0535. The van der Waals surface area contributed by atoms with Gasteiger partial charge in [0.2, 0.25) is 0 Å². The molecule has 1 aliphatic carbocycles. The third-order valence-corrected chi connectivity index (χ3v) is 5.03. The number of benzene rings is 1. The van der Waals surface area contributed by atoms with Gasteiger partial charge in [-0.1, -0.05) is 0 Å². The molecule has 0 aliphatic heterocycles. The van der Waals surface area contributed by atoms with E-state index in [4.69, 9.17) is 0 Å². The fourth-order valence-corrected chi connectivity index (χ4v) is 3.73. The van der Waals surface area contributed by atoms with Crippen molar-refractivity contribution in [3.8, 4) is 0 Å². The van der Waals surface area contributed by atoms with Gasteiger partial charge in [0.1, 0.15) is 5.69 Å². The van der Waals surface area contributed by atoms with Crippen LogP contribution in [0.1, 0.15) is 29.4 Å². The van der Waals surface area contributed by atoms with Gasteiger partial charge in [-0.3, -0.25) is 4.79 Å². The minimum Gasteiger partial charge on any atom is -0.339 e. The van der Waals surface area contributed by atoms with Crippen molar-refractivity contribution in [3.05, 3.63) is 52.1 Å². The lowest BCUT2D eigenvalue weighted by Gasteiger charge is -2.08. The summed E-state index contributed by atoms with van der Waals surface area (Å²) < 4.78 is 4.26. The molecule has 5 heteroatoms. The lowest BCUT2D eigenvalue weighted by Crippen LogP contribution is -2.16. The number of amides is 1. The van der Waals surface area contributed by atoms with E-state index in [9.17, 15) is 4.79 Å².